The minimum Gasteiger partial charge on any atom is -0.459 e. The highest BCUT2D eigenvalue weighted by atomic mass is 28.4. The molecule has 1 aliphatic heterocycles. The number of nitrogen functional groups attached to an aromatic ring is 1. The number of aromatic nitrogens is 4. The summed E-state index contributed by atoms with van der Waals surface area (Å²) in [5.74, 6) is 2.03. The van der Waals surface area contributed by atoms with E-state index in [4.69, 9.17) is 30.8 Å². The number of benzene rings is 1. The lowest BCUT2D eigenvalue weighted by Gasteiger charge is -2.40. The highest BCUT2D eigenvalue weighted by Crippen LogP contribution is 2.43. The van der Waals surface area contributed by atoms with E-state index in [0.717, 1.165) is 0 Å². The third kappa shape index (κ3) is 5.37. The van der Waals surface area contributed by atoms with Crippen LogP contribution < -0.4 is 10.5 Å². The van der Waals surface area contributed by atoms with Crippen LogP contribution >= 0.6 is 0 Å². The van der Waals surface area contributed by atoms with E-state index in [1.807, 2.05) is 0 Å². The van der Waals surface area contributed by atoms with Crippen molar-refractivity contribution in [3.63, 3.8) is 0 Å². The molecule has 3 heterocycles. The molecule has 0 amide bonds. The standard InChI is InChI=1S/C26H33N5O6Si/c1-7-13-34-25-30-18-21(27)28-15-29-22(18)31(25)23-20(37-38(5,6)26(2,3)4)19(32)17(36-23)14-35-24(33)16-11-9-8-10-12-16/h1,8-12,15,17,19-20,23,32H,13-14H2,2-6H3,(H2,27,28,29)/t17-,19-,20-,23-/m1/s1. The van der Waals surface area contributed by atoms with E-state index in [-0.39, 0.29) is 30.1 Å². The molecule has 4 atom stereocenters. The Labute approximate surface area is 222 Å². The maximum absolute atomic E-state index is 12.6. The summed E-state index contributed by atoms with van der Waals surface area (Å²) >= 11 is 0. The van der Waals surface area contributed by atoms with Crippen molar-refractivity contribution in [1.82, 2.24) is 19.5 Å². The Bertz CT molecular complexity index is 1330. The number of carbonyl (C=O) groups is 1. The van der Waals surface area contributed by atoms with Crippen LogP contribution in [-0.4, -0.2) is 70.4 Å². The van der Waals surface area contributed by atoms with Crippen molar-refractivity contribution >= 4 is 31.3 Å². The summed E-state index contributed by atoms with van der Waals surface area (Å²) in [6.07, 6.45) is 2.87. The summed E-state index contributed by atoms with van der Waals surface area (Å²) in [5, 5.41) is 11.3. The molecular weight excluding hydrogens is 506 g/mol. The number of hydrogen-bond acceptors (Lipinski definition) is 10. The average molecular weight is 540 g/mol. The molecule has 1 fully saturated rings. The van der Waals surface area contributed by atoms with E-state index < -0.39 is 38.8 Å². The fraction of sp³-hybridized carbons (Fsp3) is 0.462. The third-order valence-electron chi connectivity index (χ3n) is 6.95. The highest BCUT2D eigenvalue weighted by molar-refractivity contribution is 6.74. The predicted molar refractivity (Wildman–Crippen MR) is 143 cm³/mol. The van der Waals surface area contributed by atoms with Crippen molar-refractivity contribution in [1.29, 1.82) is 0 Å². The number of aliphatic hydroxyl groups is 1. The number of nitrogens with zero attached hydrogens (tertiary/aromatic N) is 4. The molecular formula is C26H33N5O6Si. The van der Waals surface area contributed by atoms with Crippen LogP contribution in [0.25, 0.3) is 11.2 Å². The first-order valence-electron chi connectivity index (χ1n) is 12.2. The Balaban J connectivity index is 1.71. The molecule has 12 heteroatoms. The molecule has 0 unspecified atom stereocenters. The van der Waals surface area contributed by atoms with Gasteiger partial charge in [0.15, 0.2) is 38.1 Å². The lowest BCUT2D eigenvalue weighted by Crippen LogP contribution is -2.49. The molecule has 3 N–H and O–H groups in total. The van der Waals surface area contributed by atoms with Crippen LogP contribution in [0, 0.1) is 12.3 Å². The maximum atomic E-state index is 12.6. The molecule has 3 aromatic rings. The maximum Gasteiger partial charge on any atom is 0.338 e. The Morgan fingerprint density at radius 1 is 1.26 bits per heavy atom. The van der Waals surface area contributed by atoms with E-state index >= 15 is 0 Å². The lowest BCUT2D eigenvalue weighted by molar-refractivity contribution is -0.0579. The second kappa shape index (κ2) is 10.7. The van der Waals surface area contributed by atoms with Crippen LogP contribution in [-0.2, 0) is 13.9 Å². The van der Waals surface area contributed by atoms with Crippen molar-refractivity contribution in [3.8, 4) is 18.4 Å². The third-order valence-corrected chi connectivity index (χ3v) is 11.4. The zero-order valence-electron chi connectivity index (χ0n) is 22.1. The number of anilines is 1. The topological polar surface area (TPSA) is 144 Å². The summed E-state index contributed by atoms with van der Waals surface area (Å²) in [6.45, 7) is 10.2. The predicted octanol–water partition coefficient (Wildman–Crippen LogP) is 2.93. The van der Waals surface area contributed by atoms with Crippen molar-refractivity contribution in [2.24, 2.45) is 0 Å². The number of carbonyl (C=O) groups excluding carboxylic acids is 1. The van der Waals surface area contributed by atoms with E-state index in [1.54, 1.807) is 34.9 Å². The van der Waals surface area contributed by atoms with Crippen LogP contribution in [0.2, 0.25) is 18.1 Å². The van der Waals surface area contributed by atoms with Gasteiger partial charge in [-0.1, -0.05) is 44.9 Å². The second-order valence-corrected chi connectivity index (χ2v) is 15.3. The van der Waals surface area contributed by atoms with Crippen LogP contribution in [0.5, 0.6) is 6.01 Å². The van der Waals surface area contributed by atoms with Gasteiger partial charge in [0, 0.05) is 0 Å². The smallest absolute Gasteiger partial charge is 0.338 e. The van der Waals surface area contributed by atoms with Crippen LogP contribution in [0.15, 0.2) is 36.7 Å². The van der Waals surface area contributed by atoms with Crippen molar-refractivity contribution in [2.45, 2.75) is 63.4 Å². The Morgan fingerprint density at radius 2 is 1.97 bits per heavy atom. The average Bonchev–Trinajstić information content (AvgIpc) is 3.38. The van der Waals surface area contributed by atoms with Gasteiger partial charge in [0.25, 0.3) is 0 Å². The first kappa shape index (κ1) is 27.5. The summed E-state index contributed by atoms with van der Waals surface area (Å²) in [7, 11) is -2.43. The van der Waals surface area contributed by atoms with E-state index in [0.29, 0.717) is 16.7 Å². The van der Waals surface area contributed by atoms with Gasteiger partial charge < -0.3 is 29.5 Å². The van der Waals surface area contributed by atoms with Gasteiger partial charge in [-0.25, -0.2) is 19.3 Å². The van der Waals surface area contributed by atoms with Gasteiger partial charge in [0.1, 0.15) is 31.2 Å². The molecule has 0 aliphatic carbocycles. The van der Waals surface area contributed by atoms with Gasteiger partial charge in [0.2, 0.25) is 0 Å². The Morgan fingerprint density at radius 3 is 2.63 bits per heavy atom. The van der Waals surface area contributed by atoms with Crippen molar-refractivity contribution in [3.05, 3.63) is 42.2 Å². The first-order valence-corrected chi connectivity index (χ1v) is 15.1. The molecule has 0 bridgehead atoms. The Kier molecular flexibility index (Phi) is 7.75. The molecule has 2 aromatic heterocycles. The van der Waals surface area contributed by atoms with E-state index in [9.17, 15) is 9.90 Å². The van der Waals surface area contributed by atoms with Gasteiger partial charge in [-0.2, -0.15) is 4.98 Å². The normalized spacial score (nSPS) is 21.8. The van der Waals surface area contributed by atoms with Crippen LogP contribution in [0.3, 0.4) is 0 Å². The van der Waals surface area contributed by atoms with Crippen molar-refractivity contribution in [2.75, 3.05) is 18.9 Å². The monoisotopic (exact) mass is 539 g/mol. The van der Waals surface area contributed by atoms with Gasteiger partial charge in [0.05, 0.1) is 5.56 Å². The fourth-order valence-electron chi connectivity index (χ4n) is 3.87. The first-order chi connectivity index (χ1) is 17.9. The highest BCUT2D eigenvalue weighted by Gasteiger charge is 2.52. The number of hydrogen-bond donors (Lipinski definition) is 2. The van der Waals surface area contributed by atoms with Gasteiger partial charge >= 0.3 is 12.0 Å². The number of aliphatic hydroxyl groups excluding tert-OH is 1. The second-order valence-electron chi connectivity index (χ2n) is 10.6. The largest absolute Gasteiger partial charge is 0.459 e. The SMILES string of the molecule is C#CCOc1nc2c(N)ncnc2n1[C@@H]1O[C@H](COC(=O)c2ccccc2)[C@@H](O)[C@H]1O[Si](C)(C)C(C)(C)C. The van der Waals surface area contributed by atoms with Gasteiger partial charge in [-0.3, -0.25) is 0 Å². The minimum atomic E-state index is -2.43. The fourth-order valence-corrected chi connectivity index (χ4v) is 5.16. The van der Waals surface area contributed by atoms with E-state index in [1.165, 1.54) is 6.33 Å². The van der Waals surface area contributed by atoms with E-state index in [2.05, 4.69) is 54.7 Å². The molecule has 0 radical (unpaired) electrons. The number of terminal acetylenes is 1. The Hall–Kier alpha value is -3.50. The molecule has 1 aliphatic rings. The molecule has 0 spiro atoms. The molecule has 0 saturated carbocycles. The summed E-state index contributed by atoms with van der Waals surface area (Å²) in [6, 6.07) is 8.68. The molecule has 202 valence electrons. The lowest BCUT2D eigenvalue weighted by atomic mass is 10.1. The minimum absolute atomic E-state index is 0.0716. The summed E-state index contributed by atoms with van der Waals surface area (Å²) < 4.78 is 25.8. The summed E-state index contributed by atoms with van der Waals surface area (Å²) in [4.78, 5) is 25.4. The number of rotatable bonds is 8. The van der Waals surface area contributed by atoms with Crippen LogP contribution in [0.4, 0.5) is 5.82 Å². The molecule has 38 heavy (non-hydrogen) atoms. The quantitative estimate of drug-likeness (QED) is 0.249. The zero-order chi connectivity index (χ0) is 27.7. The molecule has 4 rings (SSSR count). The summed E-state index contributed by atoms with van der Waals surface area (Å²) in [5.41, 5.74) is 7.07. The van der Waals surface area contributed by atoms with Gasteiger partial charge in [-0.15, -0.1) is 6.42 Å². The number of ether oxygens (including phenoxy) is 3. The zero-order valence-corrected chi connectivity index (χ0v) is 23.1. The number of nitrogens with two attached hydrogens (primary N) is 1. The van der Waals surface area contributed by atoms with Crippen molar-refractivity contribution < 1.29 is 28.5 Å². The number of fused-ring (bicyclic) bond motifs is 1. The molecule has 11 nitrogen and oxygen atoms in total. The number of esters is 1. The molecule has 1 saturated heterocycles. The van der Waals surface area contributed by atoms with Gasteiger partial charge in [-0.05, 0) is 30.3 Å². The van der Waals surface area contributed by atoms with Crippen LogP contribution in [0.1, 0.15) is 37.4 Å². The molecule has 1 aromatic carbocycles. The number of imidazole rings is 1.